The molecule has 1 atom stereocenters. The molecule has 2 aliphatic rings. The van der Waals surface area contributed by atoms with E-state index in [4.69, 9.17) is 4.74 Å². The van der Waals surface area contributed by atoms with E-state index in [1.54, 1.807) is 0 Å². The zero-order valence-electron chi connectivity index (χ0n) is 15.0. The molecule has 0 saturated carbocycles. The highest BCUT2D eigenvalue weighted by molar-refractivity contribution is 5.94. The Kier molecular flexibility index (Phi) is 5.32. The number of rotatable bonds is 6. The molecule has 0 bridgehead atoms. The standard InChI is InChI=1S/C20H26N4O2/c25-20(19-16-13-21-11-9-17(16)23-24-19)22-10-4-12-26-18-8-3-6-14-5-1-2-7-15(14)18/h1-2,5,7,18,21H,3-4,6,8-13H2,(H,22,25)(H,23,24). The van der Waals surface area contributed by atoms with Gasteiger partial charge in [-0.05, 0) is 36.8 Å². The van der Waals surface area contributed by atoms with Crippen LogP contribution >= 0.6 is 0 Å². The van der Waals surface area contributed by atoms with Crippen LogP contribution in [-0.4, -0.2) is 35.8 Å². The number of aryl methyl sites for hydroxylation is 1. The minimum Gasteiger partial charge on any atom is -0.373 e. The van der Waals surface area contributed by atoms with E-state index < -0.39 is 0 Å². The molecule has 0 fully saturated rings. The molecule has 6 nitrogen and oxygen atoms in total. The molecule has 4 rings (SSSR count). The van der Waals surface area contributed by atoms with Crippen LogP contribution in [0.25, 0.3) is 0 Å². The summed E-state index contributed by atoms with van der Waals surface area (Å²) in [6, 6.07) is 8.56. The number of hydrogen-bond donors (Lipinski definition) is 3. The summed E-state index contributed by atoms with van der Waals surface area (Å²) in [5.41, 5.74) is 5.35. The van der Waals surface area contributed by atoms with Crippen LogP contribution in [0.4, 0.5) is 0 Å². The molecule has 0 saturated heterocycles. The smallest absolute Gasteiger partial charge is 0.272 e. The summed E-state index contributed by atoms with van der Waals surface area (Å²) < 4.78 is 6.09. The Bertz CT molecular complexity index is 771. The van der Waals surface area contributed by atoms with Gasteiger partial charge in [-0.2, -0.15) is 5.10 Å². The fraction of sp³-hybridized carbons (Fsp3) is 0.500. The quantitative estimate of drug-likeness (QED) is 0.696. The van der Waals surface area contributed by atoms with E-state index in [0.29, 0.717) is 25.4 Å². The molecule has 1 aliphatic heterocycles. The molecular formula is C20H26N4O2. The van der Waals surface area contributed by atoms with Gasteiger partial charge in [0, 0.05) is 43.9 Å². The number of nitrogens with zero attached hydrogens (tertiary/aromatic N) is 1. The Balaban J connectivity index is 1.23. The molecule has 26 heavy (non-hydrogen) atoms. The van der Waals surface area contributed by atoms with E-state index in [2.05, 4.69) is 45.1 Å². The first-order chi connectivity index (χ1) is 12.8. The Labute approximate surface area is 153 Å². The third-order valence-corrected chi connectivity index (χ3v) is 5.26. The minimum atomic E-state index is -0.103. The number of benzene rings is 1. The van der Waals surface area contributed by atoms with Crippen molar-refractivity contribution >= 4 is 5.91 Å². The first kappa shape index (κ1) is 17.2. The van der Waals surface area contributed by atoms with Crippen molar-refractivity contribution in [3.8, 4) is 0 Å². The van der Waals surface area contributed by atoms with Gasteiger partial charge in [-0.15, -0.1) is 0 Å². The maximum absolute atomic E-state index is 12.3. The van der Waals surface area contributed by atoms with Crippen LogP contribution in [0.15, 0.2) is 24.3 Å². The van der Waals surface area contributed by atoms with E-state index in [-0.39, 0.29) is 12.0 Å². The number of aromatic amines is 1. The lowest BCUT2D eigenvalue weighted by Crippen LogP contribution is -2.29. The van der Waals surface area contributed by atoms with Gasteiger partial charge in [0.25, 0.3) is 5.91 Å². The second-order valence-electron chi connectivity index (χ2n) is 7.02. The third-order valence-electron chi connectivity index (χ3n) is 5.26. The second kappa shape index (κ2) is 8.01. The van der Waals surface area contributed by atoms with E-state index in [1.807, 2.05) is 0 Å². The van der Waals surface area contributed by atoms with Gasteiger partial charge in [0.2, 0.25) is 0 Å². The van der Waals surface area contributed by atoms with Crippen molar-refractivity contribution in [2.45, 2.75) is 44.8 Å². The Morgan fingerprint density at radius 3 is 3.19 bits per heavy atom. The van der Waals surface area contributed by atoms with Gasteiger partial charge in [0.05, 0.1) is 6.10 Å². The van der Waals surface area contributed by atoms with E-state index in [1.165, 1.54) is 17.5 Å². The highest BCUT2D eigenvalue weighted by Gasteiger charge is 2.22. The summed E-state index contributed by atoms with van der Waals surface area (Å²) in [5, 5.41) is 13.4. The molecule has 0 spiro atoms. The maximum Gasteiger partial charge on any atom is 0.272 e. The topological polar surface area (TPSA) is 79.0 Å². The van der Waals surface area contributed by atoms with Crippen LogP contribution in [0.2, 0.25) is 0 Å². The van der Waals surface area contributed by atoms with Gasteiger partial charge in [-0.1, -0.05) is 24.3 Å². The lowest BCUT2D eigenvalue weighted by Gasteiger charge is -2.25. The number of amides is 1. The summed E-state index contributed by atoms with van der Waals surface area (Å²) in [4.78, 5) is 12.3. The molecule has 1 amide bonds. The van der Waals surface area contributed by atoms with Gasteiger partial charge < -0.3 is 15.4 Å². The number of fused-ring (bicyclic) bond motifs is 2. The van der Waals surface area contributed by atoms with Gasteiger partial charge in [0.15, 0.2) is 5.69 Å². The first-order valence-electron chi connectivity index (χ1n) is 9.57. The fourth-order valence-electron chi connectivity index (χ4n) is 3.88. The minimum absolute atomic E-state index is 0.103. The second-order valence-corrected chi connectivity index (χ2v) is 7.02. The summed E-state index contributed by atoms with van der Waals surface area (Å²) in [5.74, 6) is -0.103. The molecular weight excluding hydrogens is 328 g/mol. The van der Waals surface area contributed by atoms with Crippen molar-refractivity contribution in [2.75, 3.05) is 19.7 Å². The number of aromatic nitrogens is 2. The predicted octanol–water partition coefficient (Wildman–Crippen LogP) is 2.27. The summed E-state index contributed by atoms with van der Waals surface area (Å²) in [6.45, 7) is 2.89. The SMILES string of the molecule is O=C(NCCCOC1CCCc2ccccc21)c1n[nH]c2c1CNCC2. The molecule has 3 N–H and O–H groups in total. The van der Waals surface area contributed by atoms with Crippen molar-refractivity contribution in [3.63, 3.8) is 0 Å². The highest BCUT2D eigenvalue weighted by Crippen LogP contribution is 2.32. The molecule has 1 unspecified atom stereocenters. The van der Waals surface area contributed by atoms with Crippen LogP contribution in [0.5, 0.6) is 0 Å². The average Bonchev–Trinajstić information content (AvgIpc) is 3.12. The monoisotopic (exact) mass is 354 g/mol. The van der Waals surface area contributed by atoms with E-state index in [9.17, 15) is 4.79 Å². The predicted molar refractivity (Wildman–Crippen MR) is 99.0 cm³/mol. The normalized spacial score (nSPS) is 18.8. The Morgan fingerprint density at radius 1 is 1.31 bits per heavy atom. The zero-order chi connectivity index (χ0) is 17.8. The number of nitrogens with one attached hydrogen (secondary N) is 3. The largest absolute Gasteiger partial charge is 0.373 e. The molecule has 138 valence electrons. The van der Waals surface area contributed by atoms with Crippen LogP contribution < -0.4 is 10.6 Å². The van der Waals surface area contributed by atoms with Crippen LogP contribution in [0.3, 0.4) is 0 Å². The molecule has 0 radical (unpaired) electrons. The van der Waals surface area contributed by atoms with Crippen LogP contribution in [0, 0.1) is 0 Å². The Morgan fingerprint density at radius 2 is 2.23 bits per heavy atom. The number of ether oxygens (including phenoxy) is 1. The molecule has 6 heteroatoms. The van der Waals surface area contributed by atoms with E-state index in [0.717, 1.165) is 43.5 Å². The van der Waals surface area contributed by atoms with Crippen LogP contribution in [-0.2, 0) is 24.1 Å². The number of H-pyrrole nitrogens is 1. The molecule has 2 aromatic rings. The summed E-state index contributed by atoms with van der Waals surface area (Å²) in [6.07, 6.45) is 5.29. The fourth-order valence-corrected chi connectivity index (χ4v) is 3.88. The maximum atomic E-state index is 12.3. The Hall–Kier alpha value is -2.18. The number of carbonyl (C=O) groups is 1. The number of hydrogen-bond acceptors (Lipinski definition) is 4. The highest BCUT2D eigenvalue weighted by atomic mass is 16.5. The first-order valence-corrected chi connectivity index (χ1v) is 9.57. The molecule has 1 aromatic heterocycles. The number of carbonyl (C=O) groups excluding carboxylic acids is 1. The van der Waals surface area contributed by atoms with Crippen LogP contribution in [0.1, 0.15) is 58.2 Å². The lowest BCUT2D eigenvalue weighted by molar-refractivity contribution is 0.0393. The van der Waals surface area contributed by atoms with Gasteiger partial charge in [-0.25, -0.2) is 0 Å². The third kappa shape index (κ3) is 3.66. The molecule has 1 aromatic carbocycles. The van der Waals surface area contributed by atoms with Crippen molar-refractivity contribution < 1.29 is 9.53 Å². The molecule has 2 heterocycles. The van der Waals surface area contributed by atoms with E-state index >= 15 is 0 Å². The van der Waals surface area contributed by atoms with Crippen molar-refractivity contribution in [1.29, 1.82) is 0 Å². The lowest BCUT2D eigenvalue weighted by atomic mass is 9.89. The molecule has 1 aliphatic carbocycles. The van der Waals surface area contributed by atoms with Gasteiger partial charge >= 0.3 is 0 Å². The summed E-state index contributed by atoms with van der Waals surface area (Å²) in [7, 11) is 0. The van der Waals surface area contributed by atoms with Crippen molar-refractivity contribution in [3.05, 3.63) is 52.3 Å². The van der Waals surface area contributed by atoms with Gasteiger partial charge in [0.1, 0.15) is 0 Å². The van der Waals surface area contributed by atoms with Crippen molar-refractivity contribution in [2.24, 2.45) is 0 Å². The summed E-state index contributed by atoms with van der Waals surface area (Å²) >= 11 is 0. The average molecular weight is 354 g/mol. The van der Waals surface area contributed by atoms with Gasteiger partial charge in [-0.3, -0.25) is 9.89 Å². The zero-order valence-corrected chi connectivity index (χ0v) is 15.0. The van der Waals surface area contributed by atoms with Crippen molar-refractivity contribution in [1.82, 2.24) is 20.8 Å².